The Balaban J connectivity index is 1.57. The monoisotopic (exact) mass is 446 g/mol. The minimum absolute atomic E-state index is 0.0857. The number of rotatable bonds is 8. The van der Waals surface area contributed by atoms with Crippen molar-refractivity contribution < 1.29 is 13.2 Å². The number of nitrogens with zero attached hydrogens (tertiary/aromatic N) is 5. The van der Waals surface area contributed by atoms with Crippen molar-refractivity contribution in [2.24, 2.45) is 4.99 Å². The van der Waals surface area contributed by atoms with Crippen LogP contribution in [0.25, 0.3) is 11.3 Å². The normalized spacial score (nSPS) is 12.0. The molecule has 11 heteroatoms. The molecule has 0 aliphatic heterocycles. The highest BCUT2D eigenvalue weighted by Crippen LogP contribution is 2.27. The Labute approximate surface area is 184 Å². The fraction of sp³-hybridized carbons (Fsp3) is 0.333. The van der Waals surface area contributed by atoms with Crippen LogP contribution in [0.2, 0.25) is 0 Å². The molecule has 0 fully saturated rings. The van der Waals surface area contributed by atoms with Crippen molar-refractivity contribution in [1.82, 2.24) is 30.2 Å². The van der Waals surface area contributed by atoms with E-state index in [1.165, 1.54) is 0 Å². The number of aromatic nitrogens is 4. The summed E-state index contributed by atoms with van der Waals surface area (Å²) in [4.78, 5) is 21.5. The molecule has 0 saturated carbocycles. The molecule has 0 bridgehead atoms. The van der Waals surface area contributed by atoms with Crippen molar-refractivity contribution >= 4 is 11.9 Å². The van der Waals surface area contributed by atoms with Crippen LogP contribution in [0.5, 0.6) is 0 Å². The van der Waals surface area contributed by atoms with E-state index in [-0.39, 0.29) is 12.5 Å². The first-order valence-corrected chi connectivity index (χ1v) is 10.1. The molecule has 1 aromatic carbocycles. The lowest BCUT2D eigenvalue weighted by Gasteiger charge is -2.21. The smallest absolute Gasteiger partial charge is 0.357 e. The number of hydrogen-bond acceptors (Lipinski definition) is 5. The van der Waals surface area contributed by atoms with E-state index >= 15 is 0 Å². The van der Waals surface area contributed by atoms with Crippen molar-refractivity contribution in [2.45, 2.75) is 19.6 Å². The van der Waals surface area contributed by atoms with E-state index in [9.17, 15) is 13.2 Å². The molecule has 3 rings (SSSR count). The predicted molar refractivity (Wildman–Crippen MR) is 117 cm³/mol. The molecule has 2 heterocycles. The molecule has 0 unspecified atom stereocenters. The number of aromatic amines is 1. The van der Waals surface area contributed by atoms with Crippen molar-refractivity contribution in [3.63, 3.8) is 0 Å². The molecule has 0 saturated heterocycles. The minimum Gasteiger partial charge on any atom is -0.357 e. The van der Waals surface area contributed by atoms with Crippen molar-refractivity contribution in [3.05, 3.63) is 60.3 Å². The first-order chi connectivity index (χ1) is 15.4. The van der Waals surface area contributed by atoms with Crippen LogP contribution in [0.15, 0.2) is 53.8 Å². The number of halogens is 3. The lowest BCUT2D eigenvalue weighted by Crippen LogP contribution is -2.39. The maximum atomic E-state index is 12.8. The number of hydrogen-bond donors (Lipinski definition) is 3. The third kappa shape index (κ3) is 6.43. The van der Waals surface area contributed by atoms with Crippen molar-refractivity contribution in [3.8, 4) is 11.3 Å². The summed E-state index contributed by atoms with van der Waals surface area (Å²) in [5.41, 5.74) is 0.999. The second kappa shape index (κ2) is 10.6. The van der Waals surface area contributed by atoms with Crippen LogP contribution in [0.4, 0.5) is 19.1 Å². The van der Waals surface area contributed by atoms with Crippen LogP contribution in [0.1, 0.15) is 18.4 Å². The van der Waals surface area contributed by atoms with E-state index in [0.29, 0.717) is 25.6 Å². The SMILES string of the molecule is CCNC(=NCCNc1nccc(C(F)(F)F)n1)N(C)Cc1ncc(-c2ccccc2)[nH]1. The fourth-order valence-electron chi connectivity index (χ4n) is 2.91. The first kappa shape index (κ1) is 23.0. The molecule has 0 amide bonds. The third-order valence-corrected chi connectivity index (χ3v) is 4.40. The number of alkyl halides is 3. The van der Waals surface area contributed by atoms with Crippen LogP contribution in [0.3, 0.4) is 0 Å². The van der Waals surface area contributed by atoms with E-state index in [1.54, 1.807) is 6.20 Å². The van der Waals surface area contributed by atoms with Gasteiger partial charge in [0, 0.05) is 26.3 Å². The average Bonchev–Trinajstić information content (AvgIpc) is 3.24. The zero-order valence-corrected chi connectivity index (χ0v) is 17.8. The van der Waals surface area contributed by atoms with E-state index in [0.717, 1.165) is 29.3 Å². The van der Waals surface area contributed by atoms with Gasteiger partial charge in [-0.1, -0.05) is 30.3 Å². The van der Waals surface area contributed by atoms with Gasteiger partial charge in [0.25, 0.3) is 0 Å². The van der Waals surface area contributed by atoms with E-state index < -0.39 is 11.9 Å². The van der Waals surface area contributed by atoms with E-state index in [2.05, 4.69) is 35.6 Å². The number of imidazole rings is 1. The Morgan fingerprint density at radius 1 is 1.16 bits per heavy atom. The number of guanidine groups is 1. The largest absolute Gasteiger partial charge is 0.433 e. The summed E-state index contributed by atoms with van der Waals surface area (Å²) in [5, 5.41) is 5.97. The molecule has 0 spiro atoms. The number of H-pyrrole nitrogens is 1. The highest BCUT2D eigenvalue weighted by atomic mass is 19.4. The standard InChI is InChI=1S/C21H25F3N8/c1-3-25-20(28-12-11-27-19-26-10-9-17(31-19)21(22,23)24)32(2)14-18-29-13-16(30-18)15-7-5-4-6-8-15/h4-10,13H,3,11-12,14H2,1-2H3,(H,25,28)(H,29,30)(H,26,27,31). The Kier molecular flexibility index (Phi) is 7.63. The van der Waals surface area contributed by atoms with Gasteiger partial charge in [-0.25, -0.2) is 15.0 Å². The zero-order chi connectivity index (χ0) is 23.0. The predicted octanol–water partition coefficient (Wildman–Crippen LogP) is 3.39. The third-order valence-electron chi connectivity index (χ3n) is 4.40. The highest BCUT2D eigenvalue weighted by molar-refractivity contribution is 5.79. The van der Waals surface area contributed by atoms with Gasteiger partial charge in [0.05, 0.1) is 25.0 Å². The van der Waals surface area contributed by atoms with Gasteiger partial charge in [0.15, 0.2) is 5.96 Å². The first-order valence-electron chi connectivity index (χ1n) is 10.1. The summed E-state index contributed by atoms with van der Waals surface area (Å²) in [6, 6.07) is 10.7. The molecule has 0 aliphatic rings. The summed E-state index contributed by atoms with van der Waals surface area (Å²) in [5.74, 6) is 1.35. The molecule has 0 atom stereocenters. The highest BCUT2D eigenvalue weighted by Gasteiger charge is 2.32. The minimum atomic E-state index is -4.51. The van der Waals surface area contributed by atoms with Gasteiger partial charge in [-0.3, -0.25) is 4.99 Å². The van der Waals surface area contributed by atoms with E-state index in [1.807, 2.05) is 49.2 Å². The van der Waals surface area contributed by atoms with Gasteiger partial charge < -0.3 is 20.5 Å². The average molecular weight is 446 g/mol. The Hall–Kier alpha value is -3.63. The lowest BCUT2D eigenvalue weighted by molar-refractivity contribution is -0.141. The maximum absolute atomic E-state index is 12.8. The lowest BCUT2D eigenvalue weighted by atomic mass is 10.2. The molecular weight excluding hydrogens is 421 g/mol. The Bertz CT molecular complexity index is 1020. The quantitative estimate of drug-likeness (QED) is 0.279. The molecule has 3 aromatic rings. The van der Waals surface area contributed by atoms with Crippen LogP contribution >= 0.6 is 0 Å². The summed E-state index contributed by atoms with van der Waals surface area (Å²) >= 11 is 0. The molecular formula is C21H25F3N8. The molecule has 170 valence electrons. The number of anilines is 1. The van der Waals surface area contributed by atoms with Crippen LogP contribution < -0.4 is 10.6 Å². The molecule has 8 nitrogen and oxygen atoms in total. The number of nitrogens with one attached hydrogen (secondary N) is 3. The summed E-state index contributed by atoms with van der Waals surface area (Å²) < 4.78 is 38.3. The molecule has 2 aromatic heterocycles. The zero-order valence-electron chi connectivity index (χ0n) is 17.8. The molecule has 3 N–H and O–H groups in total. The summed E-state index contributed by atoms with van der Waals surface area (Å²) in [6.07, 6.45) is -1.64. The second-order valence-corrected chi connectivity index (χ2v) is 6.89. The fourth-order valence-corrected chi connectivity index (χ4v) is 2.91. The molecule has 0 aliphatic carbocycles. The van der Waals surface area contributed by atoms with Crippen LogP contribution in [0, 0.1) is 0 Å². The van der Waals surface area contributed by atoms with Gasteiger partial charge in [0.1, 0.15) is 11.5 Å². The summed E-state index contributed by atoms with van der Waals surface area (Å²) in [6.45, 7) is 3.73. The number of benzene rings is 1. The van der Waals surface area contributed by atoms with E-state index in [4.69, 9.17) is 0 Å². The van der Waals surface area contributed by atoms with Crippen LogP contribution in [-0.2, 0) is 12.7 Å². The maximum Gasteiger partial charge on any atom is 0.433 e. The van der Waals surface area contributed by atoms with Gasteiger partial charge >= 0.3 is 6.18 Å². The number of aliphatic imine (C=N–C) groups is 1. The second-order valence-electron chi connectivity index (χ2n) is 6.89. The summed E-state index contributed by atoms with van der Waals surface area (Å²) in [7, 11) is 1.88. The van der Waals surface area contributed by atoms with Crippen LogP contribution in [-0.4, -0.2) is 57.5 Å². The van der Waals surface area contributed by atoms with Gasteiger partial charge in [0.2, 0.25) is 5.95 Å². The van der Waals surface area contributed by atoms with Gasteiger partial charge in [-0.2, -0.15) is 13.2 Å². The van der Waals surface area contributed by atoms with Crippen molar-refractivity contribution in [2.75, 3.05) is 32.0 Å². The topological polar surface area (TPSA) is 94.1 Å². The van der Waals surface area contributed by atoms with Crippen molar-refractivity contribution in [1.29, 1.82) is 0 Å². The Morgan fingerprint density at radius 2 is 1.94 bits per heavy atom. The Morgan fingerprint density at radius 3 is 2.66 bits per heavy atom. The molecule has 0 radical (unpaired) electrons. The van der Waals surface area contributed by atoms with Gasteiger partial charge in [-0.05, 0) is 18.6 Å². The molecule has 32 heavy (non-hydrogen) atoms. The van der Waals surface area contributed by atoms with Gasteiger partial charge in [-0.15, -0.1) is 0 Å².